The Hall–Kier alpha value is -4.46. The summed E-state index contributed by atoms with van der Waals surface area (Å²) in [6.07, 6.45) is 5.07. The van der Waals surface area contributed by atoms with E-state index in [0.29, 0.717) is 39.9 Å². The number of nitro groups is 1. The maximum Gasteiger partial charge on any atom is 0.273 e. The molecule has 8 nitrogen and oxygen atoms in total. The van der Waals surface area contributed by atoms with Crippen LogP contribution in [-0.4, -0.2) is 20.5 Å². The van der Waals surface area contributed by atoms with Crippen LogP contribution in [0.4, 0.5) is 11.5 Å². The number of imidazole rings is 1. The van der Waals surface area contributed by atoms with Crippen molar-refractivity contribution in [2.75, 3.05) is 0 Å². The molecule has 0 unspecified atom stereocenters. The van der Waals surface area contributed by atoms with Crippen LogP contribution in [-0.2, 0) is 0 Å². The lowest BCUT2D eigenvalue weighted by Crippen LogP contribution is -1.95. The van der Waals surface area contributed by atoms with Crippen LogP contribution in [0.5, 0.6) is 0 Å². The normalized spacial score (nSPS) is 11.6. The van der Waals surface area contributed by atoms with E-state index < -0.39 is 0 Å². The number of rotatable bonds is 5. The fourth-order valence-corrected chi connectivity index (χ4v) is 3.66. The van der Waals surface area contributed by atoms with Crippen LogP contribution in [0.3, 0.4) is 0 Å². The highest BCUT2D eigenvalue weighted by Gasteiger charge is 2.18. The highest BCUT2D eigenvalue weighted by molar-refractivity contribution is 5.83. The number of pyridine rings is 1. The van der Waals surface area contributed by atoms with Gasteiger partial charge in [-0.3, -0.25) is 14.5 Å². The number of aryl methyl sites for hydroxylation is 1. The molecule has 4 aromatic heterocycles. The third kappa shape index (κ3) is 3.37. The highest BCUT2D eigenvalue weighted by Crippen LogP contribution is 2.33. The third-order valence-corrected chi connectivity index (χ3v) is 5.19. The van der Waals surface area contributed by atoms with E-state index in [4.69, 9.17) is 8.83 Å². The molecule has 0 radical (unpaired) electrons. The number of nitro benzene ring substituents is 1. The highest BCUT2D eigenvalue weighted by atomic mass is 16.6. The van der Waals surface area contributed by atoms with Gasteiger partial charge in [-0.05, 0) is 61.9 Å². The monoisotopic (exact) mass is 426 g/mol. The van der Waals surface area contributed by atoms with E-state index in [1.807, 2.05) is 47.9 Å². The number of benzene rings is 1. The zero-order chi connectivity index (χ0) is 22.2. The van der Waals surface area contributed by atoms with Gasteiger partial charge in [-0.1, -0.05) is 6.07 Å². The molecule has 5 rings (SSSR count). The molecule has 32 heavy (non-hydrogen) atoms. The number of nitrogens with zero attached hydrogens (tertiary/aromatic N) is 4. The first-order valence-electron chi connectivity index (χ1n) is 9.92. The maximum absolute atomic E-state index is 11.4. The van der Waals surface area contributed by atoms with E-state index in [1.54, 1.807) is 43.7 Å². The second-order valence-electron chi connectivity index (χ2n) is 7.36. The quantitative estimate of drug-likeness (QED) is 0.191. The van der Waals surface area contributed by atoms with Crippen LogP contribution in [0.15, 0.2) is 80.9 Å². The summed E-state index contributed by atoms with van der Waals surface area (Å²) >= 11 is 0. The molecular formula is C24H18N4O4. The molecular weight excluding hydrogens is 408 g/mol. The fraction of sp³-hybridized carbons (Fsp3) is 0.0833. The summed E-state index contributed by atoms with van der Waals surface area (Å²) in [7, 11) is 0. The summed E-state index contributed by atoms with van der Waals surface area (Å²) in [5.41, 5.74) is 3.46. The topological polar surface area (TPSA) is 99.1 Å². The zero-order valence-corrected chi connectivity index (χ0v) is 17.4. The first-order valence-corrected chi connectivity index (χ1v) is 9.92. The van der Waals surface area contributed by atoms with Crippen molar-refractivity contribution in [2.24, 2.45) is 4.99 Å². The minimum Gasteiger partial charge on any atom is -0.463 e. The number of aliphatic imine (C=N–C) groups is 1. The summed E-state index contributed by atoms with van der Waals surface area (Å²) in [5, 5.41) is 11.4. The van der Waals surface area contributed by atoms with E-state index in [-0.39, 0.29) is 10.6 Å². The minimum atomic E-state index is -0.377. The molecule has 0 saturated carbocycles. The molecule has 0 aliphatic rings. The number of hydrogen-bond acceptors (Lipinski definition) is 6. The van der Waals surface area contributed by atoms with Crippen LogP contribution in [0.25, 0.3) is 28.4 Å². The molecule has 0 amide bonds. The summed E-state index contributed by atoms with van der Waals surface area (Å²) < 4.78 is 13.4. The molecule has 0 aliphatic heterocycles. The minimum absolute atomic E-state index is 0.0698. The van der Waals surface area contributed by atoms with Gasteiger partial charge in [0.15, 0.2) is 17.3 Å². The first-order chi connectivity index (χ1) is 15.5. The molecule has 0 saturated heterocycles. The van der Waals surface area contributed by atoms with Gasteiger partial charge in [0.25, 0.3) is 5.69 Å². The zero-order valence-electron chi connectivity index (χ0n) is 17.4. The van der Waals surface area contributed by atoms with Gasteiger partial charge in [0, 0.05) is 23.4 Å². The Bertz CT molecular complexity index is 1480. The predicted molar refractivity (Wildman–Crippen MR) is 120 cm³/mol. The predicted octanol–water partition coefficient (Wildman–Crippen LogP) is 6.13. The second kappa shape index (κ2) is 7.66. The van der Waals surface area contributed by atoms with Crippen molar-refractivity contribution in [1.29, 1.82) is 0 Å². The van der Waals surface area contributed by atoms with Gasteiger partial charge >= 0.3 is 0 Å². The molecule has 0 N–H and O–H groups in total. The van der Waals surface area contributed by atoms with Gasteiger partial charge in [-0.2, -0.15) is 0 Å². The number of fused-ring (bicyclic) bond motifs is 1. The molecule has 0 aliphatic carbocycles. The Balaban J connectivity index is 1.54. The largest absolute Gasteiger partial charge is 0.463 e. The smallest absolute Gasteiger partial charge is 0.273 e. The maximum atomic E-state index is 11.4. The molecule has 1 aromatic carbocycles. The standard InChI is InChI=1S/C24H18N4O4/c1-15-12-18(16(2)19(13-15)28(29)30)20-9-8-17(32-20)14-25-24-23(21-6-5-11-31-21)26-22-7-3-4-10-27(22)24/h3-14H,1-2H3. The van der Waals surface area contributed by atoms with Crippen molar-refractivity contribution >= 4 is 23.4 Å². The van der Waals surface area contributed by atoms with Crippen molar-refractivity contribution in [3.8, 4) is 22.8 Å². The molecule has 158 valence electrons. The Morgan fingerprint density at radius 1 is 1.09 bits per heavy atom. The van der Waals surface area contributed by atoms with Crippen LogP contribution in [0.1, 0.15) is 16.9 Å². The van der Waals surface area contributed by atoms with Crippen LogP contribution >= 0.6 is 0 Å². The molecule has 4 heterocycles. The fourth-order valence-electron chi connectivity index (χ4n) is 3.66. The molecule has 5 aromatic rings. The van der Waals surface area contributed by atoms with Gasteiger partial charge in [-0.25, -0.2) is 9.98 Å². The lowest BCUT2D eigenvalue weighted by atomic mass is 10.0. The van der Waals surface area contributed by atoms with Crippen LogP contribution in [0, 0.1) is 24.0 Å². The van der Waals surface area contributed by atoms with Gasteiger partial charge in [0.05, 0.1) is 17.4 Å². The number of furan rings is 2. The molecule has 8 heteroatoms. The van der Waals surface area contributed by atoms with Gasteiger partial charge < -0.3 is 8.83 Å². The van der Waals surface area contributed by atoms with E-state index >= 15 is 0 Å². The van der Waals surface area contributed by atoms with Gasteiger partial charge in [-0.15, -0.1) is 0 Å². The number of hydrogen-bond donors (Lipinski definition) is 0. The van der Waals surface area contributed by atoms with E-state index in [9.17, 15) is 10.1 Å². The Morgan fingerprint density at radius 2 is 1.97 bits per heavy atom. The van der Waals surface area contributed by atoms with E-state index in [1.165, 1.54) is 0 Å². The van der Waals surface area contributed by atoms with Gasteiger partial charge in [0.2, 0.25) is 0 Å². The van der Waals surface area contributed by atoms with Gasteiger partial charge in [0.1, 0.15) is 17.2 Å². The number of aromatic nitrogens is 2. The Kier molecular flexibility index (Phi) is 4.67. The lowest BCUT2D eigenvalue weighted by molar-refractivity contribution is -0.385. The lowest BCUT2D eigenvalue weighted by Gasteiger charge is -2.05. The third-order valence-electron chi connectivity index (χ3n) is 5.19. The van der Waals surface area contributed by atoms with Crippen molar-refractivity contribution < 1.29 is 13.8 Å². The van der Waals surface area contributed by atoms with Crippen molar-refractivity contribution in [3.05, 3.63) is 94.1 Å². The summed E-state index contributed by atoms with van der Waals surface area (Å²) in [5.74, 6) is 2.28. The Morgan fingerprint density at radius 3 is 2.75 bits per heavy atom. The summed E-state index contributed by atoms with van der Waals surface area (Å²) in [6, 6.07) is 16.3. The Labute approximate surface area is 182 Å². The van der Waals surface area contributed by atoms with Crippen molar-refractivity contribution in [1.82, 2.24) is 9.38 Å². The summed E-state index contributed by atoms with van der Waals surface area (Å²) in [6.45, 7) is 3.54. The van der Waals surface area contributed by atoms with Crippen molar-refractivity contribution in [3.63, 3.8) is 0 Å². The molecule has 0 bridgehead atoms. The average Bonchev–Trinajstić information content (AvgIpc) is 3.53. The first kappa shape index (κ1) is 19.5. The van der Waals surface area contributed by atoms with Crippen LogP contribution < -0.4 is 0 Å². The second-order valence-corrected chi connectivity index (χ2v) is 7.36. The van der Waals surface area contributed by atoms with E-state index in [0.717, 1.165) is 11.2 Å². The van der Waals surface area contributed by atoms with E-state index in [2.05, 4.69) is 9.98 Å². The summed E-state index contributed by atoms with van der Waals surface area (Å²) in [4.78, 5) is 20.2. The molecule has 0 spiro atoms. The van der Waals surface area contributed by atoms with Crippen LogP contribution in [0.2, 0.25) is 0 Å². The molecule has 0 fully saturated rings. The SMILES string of the molecule is Cc1cc(-c2ccc(C=Nc3c(-c4ccco4)nc4ccccn34)o2)c(C)c([N+](=O)[O-])c1. The molecule has 0 atom stereocenters. The average molecular weight is 426 g/mol. The van der Waals surface area contributed by atoms with Crippen molar-refractivity contribution in [2.45, 2.75) is 13.8 Å².